The van der Waals surface area contributed by atoms with E-state index in [1.165, 1.54) is 12.1 Å². The van der Waals surface area contributed by atoms with Gasteiger partial charge in [0, 0.05) is 19.2 Å². The summed E-state index contributed by atoms with van der Waals surface area (Å²) >= 11 is 0. The van der Waals surface area contributed by atoms with Crippen LogP contribution in [-0.2, 0) is 4.74 Å². The van der Waals surface area contributed by atoms with Crippen LogP contribution in [-0.4, -0.2) is 43.9 Å². The molecule has 142 valence electrons. The molecule has 2 rings (SSSR count). The van der Waals surface area contributed by atoms with E-state index in [9.17, 15) is 4.39 Å². The Bertz CT molecular complexity index is 551. The molecule has 2 atom stereocenters. The van der Waals surface area contributed by atoms with Crippen molar-refractivity contribution in [1.82, 2.24) is 10.6 Å². The summed E-state index contributed by atoms with van der Waals surface area (Å²) in [5.41, 5.74) is -0.161. The monoisotopic (exact) mass is 465 g/mol. The highest BCUT2D eigenvalue weighted by molar-refractivity contribution is 14.0. The molecule has 0 spiro atoms. The first-order valence-electron chi connectivity index (χ1n) is 8.59. The fourth-order valence-corrected chi connectivity index (χ4v) is 2.60. The molecule has 0 saturated carbocycles. The third kappa shape index (κ3) is 7.77. The SMILES string of the molecule is CCNC(=NCC1(C)CCCO1)NCC(C)Oc1cccc(F)c1.I. The summed E-state index contributed by atoms with van der Waals surface area (Å²) in [7, 11) is 0. The summed E-state index contributed by atoms with van der Waals surface area (Å²) in [5, 5.41) is 6.48. The molecular weight excluding hydrogens is 436 g/mol. The molecule has 7 heteroatoms. The topological polar surface area (TPSA) is 54.9 Å². The molecule has 0 radical (unpaired) electrons. The molecule has 1 saturated heterocycles. The predicted molar refractivity (Wildman–Crippen MR) is 109 cm³/mol. The molecule has 5 nitrogen and oxygen atoms in total. The molecule has 0 aliphatic carbocycles. The lowest BCUT2D eigenvalue weighted by Gasteiger charge is -2.22. The second kappa shape index (κ2) is 10.8. The van der Waals surface area contributed by atoms with Gasteiger partial charge < -0.3 is 20.1 Å². The van der Waals surface area contributed by atoms with E-state index >= 15 is 0 Å². The van der Waals surface area contributed by atoms with Gasteiger partial charge in [0.25, 0.3) is 0 Å². The van der Waals surface area contributed by atoms with Gasteiger partial charge in [-0.3, -0.25) is 4.99 Å². The molecule has 2 N–H and O–H groups in total. The van der Waals surface area contributed by atoms with E-state index in [0.717, 1.165) is 32.0 Å². The molecule has 1 aliphatic heterocycles. The number of aliphatic imine (C=N–C) groups is 1. The Morgan fingerprint density at radius 3 is 2.88 bits per heavy atom. The molecule has 0 bridgehead atoms. The van der Waals surface area contributed by atoms with Crippen LogP contribution in [0.4, 0.5) is 4.39 Å². The lowest BCUT2D eigenvalue weighted by Crippen LogP contribution is -2.43. The summed E-state index contributed by atoms with van der Waals surface area (Å²) in [6, 6.07) is 6.17. The number of ether oxygens (including phenoxy) is 2. The highest BCUT2D eigenvalue weighted by atomic mass is 127. The summed E-state index contributed by atoms with van der Waals surface area (Å²) in [6.45, 7) is 8.85. The van der Waals surface area contributed by atoms with Crippen molar-refractivity contribution in [3.8, 4) is 5.75 Å². The maximum absolute atomic E-state index is 13.2. The highest BCUT2D eigenvalue weighted by Crippen LogP contribution is 2.25. The minimum atomic E-state index is -0.299. The van der Waals surface area contributed by atoms with Gasteiger partial charge in [-0.05, 0) is 45.7 Å². The van der Waals surface area contributed by atoms with Gasteiger partial charge >= 0.3 is 0 Å². The Kier molecular flexibility index (Phi) is 9.48. The Morgan fingerprint density at radius 2 is 2.24 bits per heavy atom. The van der Waals surface area contributed by atoms with Gasteiger partial charge in [-0.25, -0.2) is 4.39 Å². The van der Waals surface area contributed by atoms with Crippen molar-refractivity contribution in [3.63, 3.8) is 0 Å². The number of halogens is 2. The number of guanidine groups is 1. The third-order valence-corrected chi connectivity index (χ3v) is 3.91. The molecule has 2 unspecified atom stereocenters. The van der Waals surface area contributed by atoms with Crippen LogP contribution in [0.15, 0.2) is 29.3 Å². The van der Waals surface area contributed by atoms with Crippen molar-refractivity contribution in [2.75, 3.05) is 26.2 Å². The largest absolute Gasteiger partial charge is 0.489 e. The molecule has 1 fully saturated rings. The van der Waals surface area contributed by atoms with Crippen LogP contribution in [0.25, 0.3) is 0 Å². The Balaban J connectivity index is 0.00000312. The van der Waals surface area contributed by atoms with Crippen LogP contribution in [0.3, 0.4) is 0 Å². The minimum Gasteiger partial charge on any atom is -0.489 e. The van der Waals surface area contributed by atoms with E-state index in [2.05, 4.69) is 22.5 Å². The molecule has 0 amide bonds. The van der Waals surface area contributed by atoms with Crippen molar-refractivity contribution in [3.05, 3.63) is 30.1 Å². The van der Waals surface area contributed by atoms with Crippen LogP contribution in [0, 0.1) is 5.82 Å². The van der Waals surface area contributed by atoms with E-state index in [1.54, 1.807) is 12.1 Å². The van der Waals surface area contributed by atoms with Gasteiger partial charge in [0.1, 0.15) is 17.7 Å². The lowest BCUT2D eigenvalue weighted by molar-refractivity contribution is 0.0283. The number of rotatable bonds is 7. The molecule has 0 aromatic heterocycles. The Hall–Kier alpha value is -1.09. The molecule has 25 heavy (non-hydrogen) atoms. The number of benzene rings is 1. The van der Waals surface area contributed by atoms with Crippen molar-refractivity contribution in [2.24, 2.45) is 4.99 Å². The van der Waals surface area contributed by atoms with Crippen molar-refractivity contribution in [1.29, 1.82) is 0 Å². The number of hydrogen-bond donors (Lipinski definition) is 2. The number of nitrogens with one attached hydrogen (secondary N) is 2. The summed E-state index contributed by atoms with van der Waals surface area (Å²) in [6.07, 6.45) is 2.01. The number of nitrogens with zero attached hydrogens (tertiary/aromatic N) is 1. The quantitative estimate of drug-likeness (QED) is 0.369. The number of hydrogen-bond acceptors (Lipinski definition) is 3. The van der Waals surface area contributed by atoms with Gasteiger partial charge in [-0.1, -0.05) is 6.07 Å². The van der Waals surface area contributed by atoms with E-state index in [0.29, 0.717) is 18.8 Å². The van der Waals surface area contributed by atoms with Crippen LogP contribution >= 0.6 is 24.0 Å². The average Bonchev–Trinajstić information content (AvgIpc) is 2.97. The van der Waals surface area contributed by atoms with E-state index < -0.39 is 0 Å². The van der Waals surface area contributed by atoms with Crippen LogP contribution in [0.1, 0.15) is 33.6 Å². The second-order valence-corrected chi connectivity index (χ2v) is 6.36. The maximum atomic E-state index is 13.2. The smallest absolute Gasteiger partial charge is 0.191 e. The lowest BCUT2D eigenvalue weighted by atomic mass is 10.0. The van der Waals surface area contributed by atoms with Crippen LogP contribution < -0.4 is 15.4 Å². The zero-order valence-corrected chi connectivity index (χ0v) is 17.5. The normalized spacial score (nSPS) is 21.4. The fraction of sp³-hybridized carbons (Fsp3) is 0.611. The van der Waals surface area contributed by atoms with Crippen molar-refractivity contribution < 1.29 is 13.9 Å². The molecule has 1 aliphatic rings. The first-order chi connectivity index (χ1) is 11.5. The summed E-state index contributed by atoms with van der Waals surface area (Å²) in [5.74, 6) is 0.967. The highest BCUT2D eigenvalue weighted by Gasteiger charge is 2.29. The second-order valence-electron chi connectivity index (χ2n) is 6.36. The minimum absolute atomic E-state index is 0. The Morgan fingerprint density at radius 1 is 1.44 bits per heavy atom. The molecule has 1 aromatic carbocycles. The average molecular weight is 465 g/mol. The van der Waals surface area contributed by atoms with E-state index in [4.69, 9.17) is 9.47 Å². The van der Waals surface area contributed by atoms with Crippen molar-refractivity contribution in [2.45, 2.75) is 45.3 Å². The zero-order chi connectivity index (χ0) is 17.4. The first-order valence-corrected chi connectivity index (χ1v) is 8.59. The molecule has 1 aromatic rings. The van der Waals surface area contributed by atoms with Crippen molar-refractivity contribution >= 4 is 29.9 Å². The van der Waals surface area contributed by atoms with Crippen LogP contribution in [0.2, 0.25) is 0 Å². The molecular formula is C18H29FIN3O2. The van der Waals surface area contributed by atoms with Gasteiger partial charge in [-0.2, -0.15) is 0 Å². The van der Waals surface area contributed by atoms with Gasteiger partial charge in [0.15, 0.2) is 5.96 Å². The van der Waals surface area contributed by atoms with Gasteiger partial charge in [-0.15, -0.1) is 24.0 Å². The summed E-state index contributed by atoms with van der Waals surface area (Å²) in [4.78, 5) is 4.61. The summed E-state index contributed by atoms with van der Waals surface area (Å²) < 4.78 is 24.7. The van der Waals surface area contributed by atoms with E-state index in [1.807, 2.05) is 13.8 Å². The third-order valence-electron chi connectivity index (χ3n) is 3.91. The maximum Gasteiger partial charge on any atom is 0.191 e. The van der Waals surface area contributed by atoms with Gasteiger partial charge in [0.05, 0.1) is 18.7 Å². The van der Waals surface area contributed by atoms with E-state index in [-0.39, 0.29) is 41.5 Å². The van der Waals surface area contributed by atoms with Crippen LogP contribution in [0.5, 0.6) is 5.75 Å². The molecule has 1 heterocycles. The standard InChI is InChI=1S/C18H28FN3O2.HI/c1-4-20-17(22-13-18(3)9-6-10-23-18)21-12-14(2)24-16-8-5-7-15(19)11-16;/h5,7-8,11,14H,4,6,9-10,12-13H2,1-3H3,(H2,20,21,22);1H. The van der Waals surface area contributed by atoms with Gasteiger partial charge in [0.2, 0.25) is 0 Å². The predicted octanol–water partition coefficient (Wildman–Crippen LogP) is 3.34. The zero-order valence-electron chi connectivity index (χ0n) is 15.2. The Labute approximate surface area is 166 Å². The fourth-order valence-electron chi connectivity index (χ4n) is 2.60. The first kappa shape index (κ1) is 22.0.